The summed E-state index contributed by atoms with van der Waals surface area (Å²) < 4.78 is 41.2. The number of halogens is 1. The van der Waals surface area contributed by atoms with Gasteiger partial charge in [0, 0.05) is 0 Å². The van der Waals surface area contributed by atoms with Crippen LogP contribution in [0.1, 0.15) is 31.9 Å². The van der Waals surface area contributed by atoms with Crippen LogP contribution in [0.15, 0.2) is 47.4 Å². The molecule has 2 aromatic rings. The quantitative estimate of drug-likeness (QED) is 0.919. The molecule has 0 bridgehead atoms. The van der Waals surface area contributed by atoms with E-state index in [1.54, 1.807) is 24.3 Å². The molecule has 0 aliphatic heterocycles. The molecule has 3 nitrogen and oxygen atoms in total. The van der Waals surface area contributed by atoms with E-state index in [0.717, 1.165) is 5.56 Å². The summed E-state index contributed by atoms with van der Waals surface area (Å²) in [6.07, 6.45) is 0. The van der Waals surface area contributed by atoms with Gasteiger partial charge in [0.1, 0.15) is 5.82 Å². The summed E-state index contributed by atoms with van der Waals surface area (Å²) in [4.78, 5) is 0.160. The van der Waals surface area contributed by atoms with Gasteiger partial charge < -0.3 is 0 Å². The Hall–Kier alpha value is -1.88. The molecule has 0 aliphatic rings. The average molecular weight is 321 g/mol. The number of rotatable bonds is 3. The van der Waals surface area contributed by atoms with Crippen LogP contribution in [-0.4, -0.2) is 8.42 Å². The molecule has 0 aliphatic carbocycles. The predicted octanol–water partition coefficient (Wildman–Crippen LogP) is 4.23. The van der Waals surface area contributed by atoms with Crippen LogP contribution in [0.5, 0.6) is 0 Å². The molecular formula is C17H20FNO2S. The van der Waals surface area contributed by atoms with E-state index >= 15 is 0 Å². The van der Waals surface area contributed by atoms with Crippen molar-refractivity contribution in [1.29, 1.82) is 0 Å². The van der Waals surface area contributed by atoms with Crippen molar-refractivity contribution >= 4 is 15.7 Å². The van der Waals surface area contributed by atoms with Crippen molar-refractivity contribution in [2.75, 3.05) is 4.72 Å². The van der Waals surface area contributed by atoms with Crippen molar-refractivity contribution in [3.05, 3.63) is 59.4 Å². The standard InChI is InChI=1S/C17H20FNO2S/c1-12-6-5-7-14(10-12)22(20,21)19-13-8-9-15(16(18)11-13)17(2,3)4/h5-11,19H,1-4H3. The van der Waals surface area contributed by atoms with E-state index in [-0.39, 0.29) is 16.0 Å². The first-order valence-electron chi connectivity index (χ1n) is 6.99. The number of hydrogen-bond donors (Lipinski definition) is 1. The van der Waals surface area contributed by atoms with Crippen LogP contribution in [0.2, 0.25) is 0 Å². The summed E-state index contributed by atoms with van der Waals surface area (Å²) in [5.41, 5.74) is 1.27. The largest absolute Gasteiger partial charge is 0.280 e. The summed E-state index contributed by atoms with van der Waals surface area (Å²) in [7, 11) is -3.72. The van der Waals surface area contributed by atoms with Crippen LogP contribution in [0, 0.1) is 12.7 Å². The van der Waals surface area contributed by atoms with E-state index in [9.17, 15) is 12.8 Å². The van der Waals surface area contributed by atoms with Gasteiger partial charge in [-0.2, -0.15) is 0 Å². The number of sulfonamides is 1. The molecule has 0 radical (unpaired) electrons. The molecule has 0 saturated carbocycles. The molecule has 1 N–H and O–H groups in total. The van der Waals surface area contributed by atoms with Gasteiger partial charge in [-0.15, -0.1) is 0 Å². The molecule has 0 unspecified atom stereocenters. The molecular weight excluding hydrogens is 301 g/mol. The smallest absolute Gasteiger partial charge is 0.261 e. The Morgan fingerprint density at radius 3 is 2.27 bits per heavy atom. The number of anilines is 1. The maximum atomic E-state index is 14.2. The molecule has 0 aromatic heterocycles. The summed E-state index contributed by atoms with van der Waals surface area (Å²) in [5, 5.41) is 0. The van der Waals surface area contributed by atoms with Gasteiger partial charge in [0.25, 0.3) is 10.0 Å². The van der Waals surface area contributed by atoms with Crippen LogP contribution in [0.25, 0.3) is 0 Å². The van der Waals surface area contributed by atoms with Crippen LogP contribution < -0.4 is 4.72 Å². The van der Waals surface area contributed by atoms with Gasteiger partial charge >= 0.3 is 0 Å². The third kappa shape index (κ3) is 3.65. The van der Waals surface area contributed by atoms with Gasteiger partial charge in [0.15, 0.2) is 0 Å². The van der Waals surface area contributed by atoms with Crippen LogP contribution in [0.3, 0.4) is 0 Å². The monoisotopic (exact) mass is 321 g/mol. The lowest BCUT2D eigenvalue weighted by Crippen LogP contribution is -2.16. The lowest BCUT2D eigenvalue weighted by molar-refractivity contribution is 0.523. The topological polar surface area (TPSA) is 46.2 Å². The molecule has 0 spiro atoms. The van der Waals surface area contributed by atoms with E-state index in [1.165, 1.54) is 12.1 Å². The zero-order chi connectivity index (χ0) is 16.5. The van der Waals surface area contributed by atoms with Crippen molar-refractivity contribution in [3.63, 3.8) is 0 Å². The molecule has 0 amide bonds. The van der Waals surface area contributed by atoms with Crippen LogP contribution in [-0.2, 0) is 15.4 Å². The first-order chi connectivity index (χ1) is 10.1. The Morgan fingerprint density at radius 2 is 1.73 bits per heavy atom. The van der Waals surface area contributed by atoms with E-state index in [4.69, 9.17) is 0 Å². The Bertz CT molecular complexity index is 793. The van der Waals surface area contributed by atoms with Crippen molar-refractivity contribution in [2.24, 2.45) is 0 Å². The molecule has 0 atom stereocenters. The van der Waals surface area contributed by atoms with E-state index < -0.39 is 15.8 Å². The predicted molar refractivity (Wildman–Crippen MR) is 87.1 cm³/mol. The van der Waals surface area contributed by atoms with Crippen molar-refractivity contribution < 1.29 is 12.8 Å². The normalized spacial score (nSPS) is 12.2. The SMILES string of the molecule is Cc1cccc(S(=O)(=O)Nc2ccc(C(C)(C)C)c(F)c2)c1. The highest BCUT2D eigenvalue weighted by atomic mass is 32.2. The van der Waals surface area contributed by atoms with Gasteiger partial charge in [-0.3, -0.25) is 4.72 Å². The summed E-state index contributed by atoms with van der Waals surface area (Å²) >= 11 is 0. The third-order valence-electron chi connectivity index (χ3n) is 3.33. The molecule has 118 valence electrons. The zero-order valence-corrected chi connectivity index (χ0v) is 14.0. The molecule has 0 saturated heterocycles. The average Bonchev–Trinajstić information content (AvgIpc) is 2.36. The summed E-state index contributed by atoms with van der Waals surface area (Å²) in [6.45, 7) is 7.53. The van der Waals surface area contributed by atoms with Gasteiger partial charge in [0.05, 0.1) is 10.6 Å². The molecule has 22 heavy (non-hydrogen) atoms. The van der Waals surface area contributed by atoms with Gasteiger partial charge in [-0.25, -0.2) is 12.8 Å². The Labute approximate surface area is 131 Å². The van der Waals surface area contributed by atoms with Crippen molar-refractivity contribution in [3.8, 4) is 0 Å². The van der Waals surface area contributed by atoms with E-state index in [0.29, 0.717) is 5.56 Å². The maximum absolute atomic E-state index is 14.2. The molecule has 2 aromatic carbocycles. The van der Waals surface area contributed by atoms with Crippen LogP contribution >= 0.6 is 0 Å². The molecule has 0 fully saturated rings. The Kier molecular flexibility index (Phi) is 4.29. The minimum Gasteiger partial charge on any atom is -0.280 e. The fourth-order valence-electron chi connectivity index (χ4n) is 2.18. The number of nitrogens with one attached hydrogen (secondary N) is 1. The summed E-state index contributed by atoms with van der Waals surface area (Å²) in [6, 6.07) is 11.0. The second-order valence-corrected chi connectivity index (χ2v) is 8.05. The van der Waals surface area contributed by atoms with Crippen LogP contribution in [0.4, 0.5) is 10.1 Å². The van der Waals surface area contributed by atoms with Crippen molar-refractivity contribution in [1.82, 2.24) is 0 Å². The number of benzene rings is 2. The first kappa shape index (κ1) is 16.5. The van der Waals surface area contributed by atoms with E-state index in [1.807, 2.05) is 33.8 Å². The third-order valence-corrected chi connectivity index (χ3v) is 4.71. The number of aryl methyl sites for hydroxylation is 1. The van der Waals surface area contributed by atoms with Gasteiger partial charge in [0.2, 0.25) is 0 Å². The lowest BCUT2D eigenvalue weighted by atomic mass is 9.86. The Morgan fingerprint density at radius 1 is 1.05 bits per heavy atom. The highest BCUT2D eigenvalue weighted by molar-refractivity contribution is 7.92. The fourth-order valence-corrected chi connectivity index (χ4v) is 3.34. The highest BCUT2D eigenvalue weighted by Crippen LogP contribution is 2.27. The second kappa shape index (κ2) is 5.72. The zero-order valence-electron chi connectivity index (χ0n) is 13.1. The summed E-state index contributed by atoms with van der Waals surface area (Å²) in [5.74, 6) is -0.419. The second-order valence-electron chi connectivity index (χ2n) is 6.37. The van der Waals surface area contributed by atoms with Gasteiger partial charge in [-0.05, 0) is 47.7 Å². The highest BCUT2D eigenvalue weighted by Gasteiger charge is 2.20. The van der Waals surface area contributed by atoms with E-state index in [2.05, 4.69) is 4.72 Å². The molecule has 2 rings (SSSR count). The maximum Gasteiger partial charge on any atom is 0.261 e. The number of hydrogen-bond acceptors (Lipinski definition) is 2. The first-order valence-corrected chi connectivity index (χ1v) is 8.47. The van der Waals surface area contributed by atoms with Gasteiger partial charge in [-0.1, -0.05) is 39.0 Å². The van der Waals surface area contributed by atoms with Crippen molar-refractivity contribution in [2.45, 2.75) is 38.0 Å². The molecule has 5 heteroatoms. The lowest BCUT2D eigenvalue weighted by Gasteiger charge is -2.20. The fraction of sp³-hybridized carbons (Fsp3) is 0.294. The minimum absolute atomic E-state index is 0.160. The Balaban J connectivity index is 2.33. The minimum atomic E-state index is -3.72. The molecule has 0 heterocycles.